The van der Waals surface area contributed by atoms with Crippen molar-refractivity contribution >= 4 is 6.47 Å². The molecule has 1 N–H and O–H groups in total. The number of carboxylic acid groups (broad SMARTS) is 1. The van der Waals surface area contributed by atoms with Gasteiger partial charge in [-0.2, -0.15) is 0 Å². The molecule has 134 valence electrons. The Morgan fingerprint density at radius 2 is 0.955 bits per heavy atom. The first-order valence-electron chi connectivity index (χ1n) is 9.41. The standard InChI is InChI=1S/C18H39N.CH2O2/c1-4-5-6-7-8-9-10-11-12-13-14-15-16-17-18-19(2)3;2-1-3/h4-18H2,1-3H3;1H,(H,2,3). The summed E-state index contributed by atoms with van der Waals surface area (Å²) in [6, 6.07) is 0. The average molecular weight is 316 g/mol. The zero-order chi connectivity index (χ0) is 16.9. The summed E-state index contributed by atoms with van der Waals surface area (Å²) in [4.78, 5) is 10.7. The van der Waals surface area contributed by atoms with Crippen LogP contribution < -0.4 is 0 Å². The Morgan fingerprint density at radius 1 is 0.682 bits per heavy atom. The van der Waals surface area contributed by atoms with Gasteiger partial charge in [-0.1, -0.05) is 90.4 Å². The van der Waals surface area contributed by atoms with Crippen LogP contribution in [0.2, 0.25) is 0 Å². The molecule has 0 bridgehead atoms. The monoisotopic (exact) mass is 315 g/mol. The molecule has 22 heavy (non-hydrogen) atoms. The van der Waals surface area contributed by atoms with Gasteiger partial charge in [-0.05, 0) is 27.1 Å². The van der Waals surface area contributed by atoms with Crippen molar-refractivity contribution in [2.24, 2.45) is 0 Å². The minimum absolute atomic E-state index is 0.250. The number of nitrogens with zero attached hydrogens (tertiary/aromatic N) is 1. The molecule has 0 saturated heterocycles. The van der Waals surface area contributed by atoms with E-state index in [2.05, 4.69) is 25.9 Å². The maximum absolute atomic E-state index is 8.36. The second-order valence-electron chi connectivity index (χ2n) is 6.50. The highest BCUT2D eigenvalue weighted by Gasteiger charge is 1.94. The zero-order valence-electron chi connectivity index (χ0n) is 15.5. The number of hydrogen-bond acceptors (Lipinski definition) is 2. The summed E-state index contributed by atoms with van der Waals surface area (Å²) in [5.41, 5.74) is 0. The predicted octanol–water partition coefficient (Wildman–Crippen LogP) is 5.73. The van der Waals surface area contributed by atoms with Crippen LogP contribution in [-0.2, 0) is 4.79 Å². The first kappa shape index (κ1) is 23.7. The third kappa shape index (κ3) is 27.7. The molecular weight excluding hydrogens is 274 g/mol. The van der Waals surface area contributed by atoms with Crippen molar-refractivity contribution in [1.29, 1.82) is 0 Å². The van der Waals surface area contributed by atoms with E-state index >= 15 is 0 Å². The average Bonchev–Trinajstić information content (AvgIpc) is 2.48. The van der Waals surface area contributed by atoms with Gasteiger partial charge in [0.2, 0.25) is 0 Å². The van der Waals surface area contributed by atoms with Gasteiger partial charge >= 0.3 is 0 Å². The number of unbranched alkanes of at least 4 members (excludes halogenated alkanes) is 13. The van der Waals surface area contributed by atoms with E-state index in [4.69, 9.17) is 9.90 Å². The summed E-state index contributed by atoms with van der Waals surface area (Å²) in [5.74, 6) is 0. The smallest absolute Gasteiger partial charge is 0.290 e. The zero-order valence-corrected chi connectivity index (χ0v) is 15.5. The van der Waals surface area contributed by atoms with Crippen LogP contribution >= 0.6 is 0 Å². The number of rotatable bonds is 15. The van der Waals surface area contributed by atoms with Gasteiger partial charge in [-0.3, -0.25) is 4.79 Å². The highest BCUT2D eigenvalue weighted by Crippen LogP contribution is 2.12. The van der Waals surface area contributed by atoms with E-state index in [1.54, 1.807) is 0 Å². The van der Waals surface area contributed by atoms with Crippen molar-refractivity contribution in [2.75, 3.05) is 20.6 Å². The molecule has 0 amide bonds. The van der Waals surface area contributed by atoms with E-state index in [9.17, 15) is 0 Å². The van der Waals surface area contributed by atoms with Crippen molar-refractivity contribution in [3.05, 3.63) is 0 Å². The predicted molar refractivity (Wildman–Crippen MR) is 97.6 cm³/mol. The molecule has 0 radical (unpaired) electrons. The molecule has 0 aromatic heterocycles. The molecule has 0 rings (SSSR count). The molecule has 0 aromatic carbocycles. The minimum Gasteiger partial charge on any atom is -0.483 e. The fourth-order valence-electron chi connectivity index (χ4n) is 2.62. The van der Waals surface area contributed by atoms with E-state index < -0.39 is 0 Å². The maximum atomic E-state index is 8.36. The molecule has 0 spiro atoms. The van der Waals surface area contributed by atoms with E-state index in [1.807, 2.05) is 0 Å². The number of carbonyl (C=O) groups is 1. The summed E-state index contributed by atoms with van der Waals surface area (Å²) in [6.07, 6.45) is 20.3. The normalized spacial score (nSPS) is 10.4. The van der Waals surface area contributed by atoms with E-state index in [0.717, 1.165) is 0 Å². The molecule has 0 fully saturated rings. The Morgan fingerprint density at radius 3 is 1.23 bits per heavy atom. The third-order valence-corrected chi connectivity index (χ3v) is 3.96. The highest BCUT2D eigenvalue weighted by atomic mass is 16.3. The molecular formula is C19H41NO2. The van der Waals surface area contributed by atoms with Gasteiger partial charge in [0.15, 0.2) is 0 Å². The maximum Gasteiger partial charge on any atom is 0.290 e. The summed E-state index contributed by atoms with van der Waals surface area (Å²) in [7, 11) is 4.34. The fourth-order valence-corrected chi connectivity index (χ4v) is 2.62. The highest BCUT2D eigenvalue weighted by molar-refractivity contribution is 5.32. The molecule has 3 heteroatoms. The first-order chi connectivity index (χ1) is 10.7. The minimum atomic E-state index is -0.250. The van der Waals surface area contributed by atoms with Crippen LogP contribution in [0.5, 0.6) is 0 Å². The van der Waals surface area contributed by atoms with Gasteiger partial charge in [0.05, 0.1) is 0 Å². The summed E-state index contributed by atoms with van der Waals surface area (Å²) in [6.45, 7) is 3.30. The van der Waals surface area contributed by atoms with Crippen molar-refractivity contribution in [3.8, 4) is 0 Å². The van der Waals surface area contributed by atoms with Crippen LogP contribution in [0.1, 0.15) is 96.8 Å². The Bertz CT molecular complexity index is 196. The third-order valence-electron chi connectivity index (χ3n) is 3.96. The first-order valence-corrected chi connectivity index (χ1v) is 9.41. The van der Waals surface area contributed by atoms with Gasteiger partial charge in [0.1, 0.15) is 0 Å². The molecule has 0 aromatic rings. The molecule has 0 aliphatic carbocycles. The Hall–Kier alpha value is -0.570. The SMILES string of the molecule is CCCCCCCCCCCCCCCCN(C)C.O=CO. The van der Waals surface area contributed by atoms with Crippen LogP contribution in [-0.4, -0.2) is 37.1 Å². The Balaban J connectivity index is 0. The van der Waals surface area contributed by atoms with Crippen molar-refractivity contribution in [3.63, 3.8) is 0 Å². The second-order valence-corrected chi connectivity index (χ2v) is 6.50. The number of hydrogen-bond donors (Lipinski definition) is 1. The largest absolute Gasteiger partial charge is 0.483 e. The molecule has 0 atom stereocenters. The summed E-state index contributed by atoms with van der Waals surface area (Å²) >= 11 is 0. The lowest BCUT2D eigenvalue weighted by atomic mass is 10.0. The fraction of sp³-hybridized carbons (Fsp3) is 0.947. The molecule has 0 unspecified atom stereocenters. The van der Waals surface area contributed by atoms with Gasteiger partial charge in [0.25, 0.3) is 6.47 Å². The second kappa shape index (κ2) is 22.7. The topological polar surface area (TPSA) is 40.5 Å². The van der Waals surface area contributed by atoms with Crippen molar-refractivity contribution in [1.82, 2.24) is 4.90 Å². The van der Waals surface area contributed by atoms with Crippen LogP contribution in [0.25, 0.3) is 0 Å². The Kier molecular flexibility index (Phi) is 24.5. The van der Waals surface area contributed by atoms with Gasteiger partial charge in [0, 0.05) is 0 Å². The van der Waals surface area contributed by atoms with Crippen molar-refractivity contribution in [2.45, 2.75) is 96.8 Å². The van der Waals surface area contributed by atoms with Gasteiger partial charge in [-0.25, -0.2) is 0 Å². The molecule has 0 aliphatic heterocycles. The van der Waals surface area contributed by atoms with Crippen LogP contribution in [0, 0.1) is 0 Å². The van der Waals surface area contributed by atoms with Gasteiger partial charge < -0.3 is 10.0 Å². The lowest BCUT2D eigenvalue weighted by molar-refractivity contribution is -0.122. The van der Waals surface area contributed by atoms with Crippen LogP contribution in [0.15, 0.2) is 0 Å². The van der Waals surface area contributed by atoms with Crippen molar-refractivity contribution < 1.29 is 9.90 Å². The lowest BCUT2D eigenvalue weighted by Crippen LogP contribution is -2.12. The molecule has 3 nitrogen and oxygen atoms in total. The summed E-state index contributed by atoms with van der Waals surface area (Å²) in [5, 5.41) is 6.89. The lowest BCUT2D eigenvalue weighted by Gasteiger charge is -2.08. The molecule has 0 saturated carbocycles. The summed E-state index contributed by atoms with van der Waals surface area (Å²) < 4.78 is 0. The van der Waals surface area contributed by atoms with Gasteiger partial charge in [-0.15, -0.1) is 0 Å². The van der Waals surface area contributed by atoms with E-state index in [-0.39, 0.29) is 6.47 Å². The molecule has 0 heterocycles. The van der Waals surface area contributed by atoms with Crippen LogP contribution in [0.3, 0.4) is 0 Å². The molecule has 0 aliphatic rings. The van der Waals surface area contributed by atoms with E-state index in [0.29, 0.717) is 0 Å². The van der Waals surface area contributed by atoms with E-state index in [1.165, 1.54) is 96.4 Å². The van der Waals surface area contributed by atoms with Crippen LogP contribution in [0.4, 0.5) is 0 Å². The Labute approximate surface area is 139 Å². The quantitative estimate of drug-likeness (QED) is 0.310.